The smallest absolute Gasteiger partial charge is 0.125 e. The number of nitrogens with two attached hydrogens (primary N) is 1. The summed E-state index contributed by atoms with van der Waals surface area (Å²) in [6, 6.07) is 4.43. The summed E-state index contributed by atoms with van der Waals surface area (Å²) in [7, 11) is 0. The largest absolute Gasteiger partial charge is 0.397 e. The van der Waals surface area contributed by atoms with Crippen molar-refractivity contribution in [2.45, 2.75) is 19.9 Å². The van der Waals surface area contributed by atoms with Crippen molar-refractivity contribution in [1.29, 1.82) is 0 Å². The molecule has 0 saturated heterocycles. The fourth-order valence-electron chi connectivity index (χ4n) is 1.53. The lowest BCUT2D eigenvalue weighted by Crippen LogP contribution is -2.34. The zero-order chi connectivity index (χ0) is 11.4. The van der Waals surface area contributed by atoms with Crippen molar-refractivity contribution in [3.63, 3.8) is 0 Å². The van der Waals surface area contributed by atoms with Gasteiger partial charge in [0, 0.05) is 12.6 Å². The number of nitrogens with zero attached hydrogens (tertiary/aromatic N) is 1. The van der Waals surface area contributed by atoms with E-state index in [1.165, 1.54) is 18.2 Å². The third kappa shape index (κ3) is 2.83. The molecule has 3 nitrogen and oxygen atoms in total. The van der Waals surface area contributed by atoms with Crippen LogP contribution in [0.15, 0.2) is 18.2 Å². The molecule has 0 atom stereocenters. The van der Waals surface area contributed by atoms with E-state index in [0.29, 0.717) is 17.9 Å². The lowest BCUT2D eigenvalue weighted by atomic mass is 10.2. The highest BCUT2D eigenvalue weighted by atomic mass is 19.1. The number of hydrogen-bond donors (Lipinski definition) is 2. The van der Waals surface area contributed by atoms with Crippen LogP contribution in [-0.4, -0.2) is 24.3 Å². The molecule has 4 heteroatoms. The van der Waals surface area contributed by atoms with Gasteiger partial charge in [0.2, 0.25) is 0 Å². The maximum atomic E-state index is 13.1. The van der Waals surface area contributed by atoms with Gasteiger partial charge in [0.05, 0.1) is 18.0 Å². The van der Waals surface area contributed by atoms with Gasteiger partial charge in [0.25, 0.3) is 0 Å². The van der Waals surface area contributed by atoms with E-state index in [-0.39, 0.29) is 18.5 Å². The van der Waals surface area contributed by atoms with Crippen molar-refractivity contribution in [3.8, 4) is 0 Å². The van der Waals surface area contributed by atoms with Crippen LogP contribution in [0.25, 0.3) is 0 Å². The number of anilines is 2. The van der Waals surface area contributed by atoms with Crippen LogP contribution in [0.3, 0.4) is 0 Å². The van der Waals surface area contributed by atoms with Crippen molar-refractivity contribution >= 4 is 11.4 Å². The van der Waals surface area contributed by atoms with Crippen LogP contribution in [0.5, 0.6) is 0 Å². The lowest BCUT2D eigenvalue weighted by molar-refractivity contribution is 0.299. The van der Waals surface area contributed by atoms with Gasteiger partial charge in [-0.05, 0) is 32.0 Å². The predicted octanol–water partition coefficient (Wildman–Crippen LogP) is 1.61. The molecule has 1 aromatic carbocycles. The molecule has 0 aliphatic heterocycles. The third-order valence-corrected chi connectivity index (χ3v) is 2.27. The van der Waals surface area contributed by atoms with E-state index in [9.17, 15) is 4.39 Å². The van der Waals surface area contributed by atoms with Crippen molar-refractivity contribution < 1.29 is 9.50 Å². The number of aliphatic hydroxyl groups is 1. The van der Waals surface area contributed by atoms with Gasteiger partial charge < -0.3 is 15.7 Å². The fraction of sp³-hybridized carbons (Fsp3) is 0.455. The van der Waals surface area contributed by atoms with E-state index in [2.05, 4.69) is 0 Å². The first-order valence-electron chi connectivity index (χ1n) is 4.98. The Morgan fingerprint density at radius 1 is 1.47 bits per heavy atom. The zero-order valence-corrected chi connectivity index (χ0v) is 9.07. The summed E-state index contributed by atoms with van der Waals surface area (Å²) in [6.07, 6.45) is 0. The van der Waals surface area contributed by atoms with Gasteiger partial charge in [-0.1, -0.05) is 0 Å². The van der Waals surface area contributed by atoms with Crippen molar-refractivity contribution in [1.82, 2.24) is 0 Å². The number of halogens is 1. The van der Waals surface area contributed by atoms with Crippen molar-refractivity contribution in [2.24, 2.45) is 0 Å². The second-order valence-corrected chi connectivity index (χ2v) is 3.71. The van der Waals surface area contributed by atoms with E-state index < -0.39 is 0 Å². The summed E-state index contributed by atoms with van der Waals surface area (Å²) in [5.41, 5.74) is 6.93. The molecule has 0 aliphatic rings. The molecule has 0 spiro atoms. The quantitative estimate of drug-likeness (QED) is 0.745. The molecule has 0 aromatic heterocycles. The molecule has 0 unspecified atom stereocenters. The average molecular weight is 212 g/mol. The van der Waals surface area contributed by atoms with Gasteiger partial charge in [-0.3, -0.25) is 0 Å². The normalized spacial score (nSPS) is 10.7. The SMILES string of the molecule is CC(C)N(CCO)c1cc(F)ccc1N. The van der Waals surface area contributed by atoms with Crippen molar-refractivity contribution in [2.75, 3.05) is 23.8 Å². The van der Waals surface area contributed by atoms with E-state index in [1.807, 2.05) is 18.7 Å². The first-order chi connectivity index (χ1) is 7.06. The average Bonchev–Trinajstić information content (AvgIpc) is 2.18. The van der Waals surface area contributed by atoms with E-state index in [4.69, 9.17) is 10.8 Å². The van der Waals surface area contributed by atoms with Crippen LogP contribution < -0.4 is 10.6 Å². The van der Waals surface area contributed by atoms with Gasteiger partial charge in [0.15, 0.2) is 0 Å². The Bertz CT molecular complexity index is 328. The summed E-state index contributed by atoms with van der Waals surface area (Å²) in [5, 5.41) is 8.93. The molecule has 0 radical (unpaired) electrons. The molecule has 0 fully saturated rings. The van der Waals surface area contributed by atoms with E-state index in [1.54, 1.807) is 0 Å². The van der Waals surface area contributed by atoms with Crippen molar-refractivity contribution in [3.05, 3.63) is 24.0 Å². The number of aliphatic hydroxyl groups excluding tert-OH is 1. The minimum atomic E-state index is -0.317. The molecule has 0 amide bonds. The first kappa shape index (κ1) is 11.8. The van der Waals surface area contributed by atoms with Gasteiger partial charge >= 0.3 is 0 Å². The zero-order valence-electron chi connectivity index (χ0n) is 9.07. The summed E-state index contributed by atoms with van der Waals surface area (Å²) in [6.45, 7) is 4.42. The Labute approximate surface area is 89.3 Å². The molecule has 0 saturated carbocycles. The fourth-order valence-corrected chi connectivity index (χ4v) is 1.53. The highest BCUT2D eigenvalue weighted by Gasteiger charge is 2.13. The Morgan fingerprint density at radius 2 is 2.13 bits per heavy atom. The minimum absolute atomic E-state index is 0.0220. The highest BCUT2D eigenvalue weighted by Crippen LogP contribution is 2.25. The summed E-state index contributed by atoms with van der Waals surface area (Å²) in [5.74, 6) is -0.317. The standard InChI is InChI=1S/C11H17FN2O/c1-8(2)14(5-6-15)11-7-9(12)3-4-10(11)13/h3-4,7-8,15H,5-6,13H2,1-2H3. The molecule has 0 heterocycles. The number of nitrogen functional groups attached to an aromatic ring is 1. The van der Waals surface area contributed by atoms with Crippen LogP contribution in [0.1, 0.15) is 13.8 Å². The molecule has 1 aromatic rings. The van der Waals surface area contributed by atoms with Gasteiger partial charge in [-0.2, -0.15) is 0 Å². The predicted molar refractivity (Wildman–Crippen MR) is 60.4 cm³/mol. The molecular weight excluding hydrogens is 195 g/mol. The highest BCUT2D eigenvalue weighted by molar-refractivity contribution is 5.67. The second-order valence-electron chi connectivity index (χ2n) is 3.71. The van der Waals surface area contributed by atoms with Crippen LogP contribution in [-0.2, 0) is 0 Å². The Kier molecular flexibility index (Phi) is 3.91. The van der Waals surface area contributed by atoms with Crippen LogP contribution >= 0.6 is 0 Å². The molecule has 15 heavy (non-hydrogen) atoms. The van der Waals surface area contributed by atoms with Gasteiger partial charge in [-0.15, -0.1) is 0 Å². The first-order valence-corrected chi connectivity index (χ1v) is 4.98. The maximum absolute atomic E-state index is 13.1. The number of hydrogen-bond acceptors (Lipinski definition) is 3. The number of benzene rings is 1. The van der Waals surface area contributed by atoms with E-state index >= 15 is 0 Å². The molecule has 0 bridgehead atoms. The second kappa shape index (κ2) is 4.98. The summed E-state index contributed by atoms with van der Waals surface area (Å²) in [4.78, 5) is 1.87. The Balaban J connectivity index is 3.04. The topological polar surface area (TPSA) is 49.5 Å². The van der Waals surface area contributed by atoms with Gasteiger partial charge in [0.1, 0.15) is 5.82 Å². The lowest BCUT2D eigenvalue weighted by Gasteiger charge is -2.29. The molecule has 0 aliphatic carbocycles. The molecule has 84 valence electrons. The number of rotatable bonds is 4. The Morgan fingerprint density at radius 3 is 2.67 bits per heavy atom. The van der Waals surface area contributed by atoms with Crippen LogP contribution in [0.2, 0.25) is 0 Å². The minimum Gasteiger partial charge on any atom is -0.397 e. The molecule has 3 N–H and O–H groups in total. The van der Waals surface area contributed by atoms with E-state index in [0.717, 1.165) is 0 Å². The van der Waals surface area contributed by atoms with Gasteiger partial charge in [-0.25, -0.2) is 4.39 Å². The Hall–Kier alpha value is -1.29. The molecular formula is C11H17FN2O. The summed E-state index contributed by atoms with van der Waals surface area (Å²) < 4.78 is 13.1. The van der Waals surface area contributed by atoms with Crippen LogP contribution in [0, 0.1) is 5.82 Å². The van der Waals surface area contributed by atoms with Crippen LogP contribution in [0.4, 0.5) is 15.8 Å². The monoisotopic (exact) mass is 212 g/mol. The third-order valence-electron chi connectivity index (χ3n) is 2.27. The summed E-state index contributed by atoms with van der Waals surface area (Å²) >= 11 is 0. The maximum Gasteiger partial charge on any atom is 0.125 e. The molecule has 1 rings (SSSR count).